The van der Waals surface area contributed by atoms with E-state index in [9.17, 15) is 4.79 Å². The Morgan fingerprint density at radius 3 is 2.68 bits per heavy atom. The molecule has 0 aliphatic heterocycles. The van der Waals surface area contributed by atoms with Crippen molar-refractivity contribution in [2.75, 3.05) is 19.8 Å². The zero-order valence-electron chi connectivity index (χ0n) is 11.3. The van der Waals surface area contributed by atoms with Crippen molar-refractivity contribution in [1.29, 1.82) is 0 Å². The predicted molar refractivity (Wildman–Crippen MR) is 75.7 cm³/mol. The highest BCUT2D eigenvalue weighted by Crippen LogP contribution is 2.16. The summed E-state index contributed by atoms with van der Waals surface area (Å²) in [6, 6.07) is 6.93. The number of amides is 1. The molecule has 0 aromatic heterocycles. The second kappa shape index (κ2) is 8.77. The number of ether oxygens (including phenoxy) is 2. The molecule has 1 amide bonds. The van der Waals surface area contributed by atoms with Crippen molar-refractivity contribution in [3.8, 4) is 5.75 Å². The molecule has 1 unspecified atom stereocenters. The molecule has 0 aliphatic carbocycles. The van der Waals surface area contributed by atoms with Gasteiger partial charge in [0.2, 0.25) is 0 Å². The minimum Gasteiger partial charge on any atom is -0.481 e. The highest BCUT2D eigenvalue weighted by atomic mass is 35.5. The highest BCUT2D eigenvalue weighted by molar-refractivity contribution is 6.30. The Balaban J connectivity index is 2.26. The van der Waals surface area contributed by atoms with E-state index in [0.29, 0.717) is 30.5 Å². The summed E-state index contributed by atoms with van der Waals surface area (Å²) >= 11 is 5.77. The van der Waals surface area contributed by atoms with Gasteiger partial charge in [0.1, 0.15) is 5.75 Å². The van der Waals surface area contributed by atoms with E-state index < -0.39 is 6.10 Å². The van der Waals surface area contributed by atoms with E-state index in [0.717, 1.165) is 6.42 Å². The molecule has 5 heteroatoms. The molecule has 0 saturated carbocycles. The number of carbonyl (C=O) groups is 1. The van der Waals surface area contributed by atoms with Crippen molar-refractivity contribution >= 4 is 17.5 Å². The lowest BCUT2D eigenvalue weighted by atomic mass is 10.3. The summed E-state index contributed by atoms with van der Waals surface area (Å²) < 4.78 is 10.7. The normalized spacial score (nSPS) is 11.9. The molecule has 19 heavy (non-hydrogen) atoms. The molecule has 0 saturated heterocycles. The van der Waals surface area contributed by atoms with E-state index in [-0.39, 0.29) is 5.91 Å². The van der Waals surface area contributed by atoms with Gasteiger partial charge in [-0.15, -0.1) is 0 Å². The van der Waals surface area contributed by atoms with Crippen LogP contribution in [0.3, 0.4) is 0 Å². The molecule has 1 rings (SSSR count). The van der Waals surface area contributed by atoms with Gasteiger partial charge in [0, 0.05) is 24.8 Å². The molecule has 0 bridgehead atoms. The monoisotopic (exact) mass is 285 g/mol. The van der Waals surface area contributed by atoms with Crippen LogP contribution in [0.5, 0.6) is 5.75 Å². The largest absolute Gasteiger partial charge is 0.481 e. The minimum atomic E-state index is -0.534. The van der Waals surface area contributed by atoms with Crippen molar-refractivity contribution in [2.24, 2.45) is 0 Å². The van der Waals surface area contributed by atoms with E-state index in [4.69, 9.17) is 21.1 Å². The Labute approximate surface area is 119 Å². The minimum absolute atomic E-state index is 0.133. The fourth-order valence-corrected chi connectivity index (χ4v) is 1.57. The van der Waals surface area contributed by atoms with Gasteiger partial charge in [0.25, 0.3) is 5.91 Å². The average Bonchev–Trinajstić information content (AvgIpc) is 2.41. The van der Waals surface area contributed by atoms with Gasteiger partial charge in [-0.3, -0.25) is 4.79 Å². The molecule has 0 spiro atoms. The number of carbonyl (C=O) groups excluding carboxylic acids is 1. The maximum Gasteiger partial charge on any atom is 0.260 e. The van der Waals surface area contributed by atoms with E-state index in [1.54, 1.807) is 31.2 Å². The summed E-state index contributed by atoms with van der Waals surface area (Å²) in [5, 5.41) is 3.44. The maximum atomic E-state index is 11.7. The van der Waals surface area contributed by atoms with Crippen molar-refractivity contribution in [3.05, 3.63) is 29.3 Å². The number of hydrogen-bond acceptors (Lipinski definition) is 3. The first-order valence-corrected chi connectivity index (χ1v) is 6.79. The fourth-order valence-electron chi connectivity index (χ4n) is 1.44. The molecule has 1 aromatic carbocycles. The average molecular weight is 286 g/mol. The smallest absolute Gasteiger partial charge is 0.260 e. The molecule has 0 aliphatic rings. The van der Waals surface area contributed by atoms with E-state index in [2.05, 4.69) is 5.32 Å². The predicted octanol–water partition coefficient (Wildman–Crippen LogP) is 2.65. The van der Waals surface area contributed by atoms with E-state index in [1.807, 2.05) is 6.92 Å². The summed E-state index contributed by atoms with van der Waals surface area (Å²) in [5.41, 5.74) is 0. The van der Waals surface area contributed by atoms with Crippen LogP contribution < -0.4 is 10.1 Å². The molecule has 0 heterocycles. The van der Waals surface area contributed by atoms with Crippen molar-refractivity contribution < 1.29 is 14.3 Å². The Kier molecular flexibility index (Phi) is 7.30. The van der Waals surface area contributed by atoms with Gasteiger partial charge in [0.05, 0.1) is 0 Å². The quantitative estimate of drug-likeness (QED) is 0.747. The van der Waals surface area contributed by atoms with Crippen LogP contribution in [0.25, 0.3) is 0 Å². The van der Waals surface area contributed by atoms with Crippen LogP contribution >= 0.6 is 11.6 Å². The lowest BCUT2D eigenvalue weighted by molar-refractivity contribution is -0.127. The molecule has 0 fully saturated rings. The summed E-state index contributed by atoms with van der Waals surface area (Å²) in [6.07, 6.45) is 0.265. The van der Waals surface area contributed by atoms with Crippen LogP contribution in [0.1, 0.15) is 20.3 Å². The number of rotatable bonds is 8. The second-order valence-corrected chi connectivity index (χ2v) is 4.49. The highest BCUT2D eigenvalue weighted by Gasteiger charge is 2.13. The van der Waals surface area contributed by atoms with Gasteiger partial charge < -0.3 is 14.8 Å². The zero-order chi connectivity index (χ0) is 14.1. The van der Waals surface area contributed by atoms with E-state index in [1.165, 1.54) is 0 Å². The van der Waals surface area contributed by atoms with Gasteiger partial charge in [-0.25, -0.2) is 0 Å². The van der Waals surface area contributed by atoms with Gasteiger partial charge in [0.15, 0.2) is 6.10 Å². The van der Waals surface area contributed by atoms with Crippen molar-refractivity contribution in [3.63, 3.8) is 0 Å². The summed E-state index contributed by atoms with van der Waals surface area (Å²) in [4.78, 5) is 11.7. The Morgan fingerprint density at radius 2 is 2.05 bits per heavy atom. The summed E-state index contributed by atoms with van der Waals surface area (Å²) in [7, 11) is 0. The molecule has 106 valence electrons. The molecule has 1 aromatic rings. The second-order valence-electron chi connectivity index (χ2n) is 4.06. The summed E-state index contributed by atoms with van der Waals surface area (Å²) in [5.74, 6) is 0.493. The number of hydrogen-bond donors (Lipinski definition) is 1. The van der Waals surface area contributed by atoms with Gasteiger partial charge in [-0.2, -0.15) is 0 Å². The van der Waals surface area contributed by atoms with Gasteiger partial charge >= 0.3 is 0 Å². The lowest BCUT2D eigenvalue weighted by Gasteiger charge is -2.14. The van der Waals surface area contributed by atoms with Crippen LogP contribution in [0.2, 0.25) is 5.02 Å². The third-order valence-electron chi connectivity index (χ3n) is 2.46. The van der Waals surface area contributed by atoms with E-state index >= 15 is 0 Å². The molecule has 4 nitrogen and oxygen atoms in total. The topological polar surface area (TPSA) is 47.6 Å². The van der Waals surface area contributed by atoms with Crippen LogP contribution in [-0.2, 0) is 9.53 Å². The van der Waals surface area contributed by atoms with Gasteiger partial charge in [-0.05, 0) is 44.5 Å². The fraction of sp³-hybridized carbons (Fsp3) is 0.500. The third-order valence-corrected chi connectivity index (χ3v) is 2.72. The third kappa shape index (κ3) is 6.45. The first-order valence-electron chi connectivity index (χ1n) is 6.41. The van der Waals surface area contributed by atoms with Gasteiger partial charge in [-0.1, -0.05) is 11.6 Å². The lowest BCUT2D eigenvalue weighted by Crippen LogP contribution is -2.37. The Bertz CT molecular complexity index is 381. The van der Waals surface area contributed by atoms with Crippen LogP contribution in [0.15, 0.2) is 24.3 Å². The van der Waals surface area contributed by atoms with Crippen LogP contribution in [0, 0.1) is 0 Å². The SMILES string of the molecule is CCOCCCNC(=O)C(C)Oc1ccc(Cl)cc1. The number of halogens is 1. The summed E-state index contributed by atoms with van der Waals surface area (Å²) in [6.45, 7) is 5.60. The Hall–Kier alpha value is -1.26. The van der Waals surface area contributed by atoms with Crippen LogP contribution in [0.4, 0.5) is 0 Å². The molecular weight excluding hydrogens is 266 g/mol. The number of benzene rings is 1. The maximum absolute atomic E-state index is 11.7. The van der Waals surface area contributed by atoms with Crippen molar-refractivity contribution in [2.45, 2.75) is 26.4 Å². The van der Waals surface area contributed by atoms with Crippen molar-refractivity contribution in [1.82, 2.24) is 5.32 Å². The molecule has 1 atom stereocenters. The standard InChI is InChI=1S/C14H20ClNO3/c1-3-18-10-4-9-16-14(17)11(2)19-13-7-5-12(15)6-8-13/h5-8,11H,3-4,9-10H2,1-2H3,(H,16,17). The Morgan fingerprint density at radius 1 is 1.37 bits per heavy atom. The zero-order valence-corrected chi connectivity index (χ0v) is 12.1. The first kappa shape index (κ1) is 15.8. The molecular formula is C14H20ClNO3. The number of nitrogens with one attached hydrogen (secondary N) is 1. The molecule has 1 N–H and O–H groups in total. The first-order chi connectivity index (χ1) is 9.13. The molecule has 0 radical (unpaired) electrons. The van der Waals surface area contributed by atoms with Crippen LogP contribution in [-0.4, -0.2) is 31.8 Å².